The van der Waals surface area contributed by atoms with Crippen LogP contribution in [0.25, 0.3) is 0 Å². The van der Waals surface area contributed by atoms with E-state index < -0.39 is 17.3 Å². The molecule has 0 unspecified atom stereocenters. The smallest absolute Gasteiger partial charge is 0.307 e. The molecule has 20 heavy (non-hydrogen) atoms. The van der Waals surface area contributed by atoms with E-state index in [2.05, 4.69) is 10.3 Å². The first kappa shape index (κ1) is 13.5. The number of carbonyl (C=O) groups is 2. The highest BCUT2D eigenvalue weighted by atomic mass is 16.4. The number of hydrogen-bond donors (Lipinski definition) is 3. The number of para-hydroxylation sites is 1. The summed E-state index contributed by atoms with van der Waals surface area (Å²) >= 11 is 0. The SMILES string of the molecule is O=C(O)Cc1ccccc1NC(=O)c1c[nH]ccc1=O. The maximum atomic E-state index is 12.0. The molecule has 0 bridgehead atoms. The highest BCUT2D eigenvalue weighted by Crippen LogP contribution is 2.16. The number of carboxylic acids is 1. The molecule has 1 amide bonds. The van der Waals surface area contributed by atoms with Crippen molar-refractivity contribution in [3.05, 3.63) is 64.1 Å². The molecule has 2 aromatic rings. The maximum absolute atomic E-state index is 12.0. The van der Waals surface area contributed by atoms with Crippen LogP contribution in [0, 0.1) is 0 Å². The molecular formula is C14H12N2O4. The highest BCUT2D eigenvalue weighted by Gasteiger charge is 2.12. The fourth-order valence-electron chi connectivity index (χ4n) is 1.74. The number of amides is 1. The van der Waals surface area contributed by atoms with Gasteiger partial charge in [0, 0.05) is 24.1 Å². The Morgan fingerprint density at radius 1 is 1.20 bits per heavy atom. The first-order valence-corrected chi connectivity index (χ1v) is 5.86. The highest BCUT2D eigenvalue weighted by molar-refractivity contribution is 6.04. The van der Waals surface area contributed by atoms with E-state index in [1.54, 1.807) is 24.3 Å². The molecule has 2 rings (SSSR count). The lowest BCUT2D eigenvalue weighted by Crippen LogP contribution is -2.21. The minimum Gasteiger partial charge on any atom is -0.481 e. The van der Waals surface area contributed by atoms with Crippen molar-refractivity contribution in [1.29, 1.82) is 0 Å². The third kappa shape index (κ3) is 3.11. The first-order valence-electron chi connectivity index (χ1n) is 5.86. The molecule has 0 spiro atoms. The van der Waals surface area contributed by atoms with E-state index in [4.69, 9.17) is 5.11 Å². The number of nitrogens with one attached hydrogen (secondary N) is 2. The van der Waals surface area contributed by atoms with Crippen LogP contribution in [0.4, 0.5) is 5.69 Å². The fraction of sp³-hybridized carbons (Fsp3) is 0.0714. The van der Waals surface area contributed by atoms with Crippen molar-refractivity contribution in [2.24, 2.45) is 0 Å². The molecule has 1 aromatic carbocycles. The van der Waals surface area contributed by atoms with Crippen molar-refractivity contribution >= 4 is 17.6 Å². The topological polar surface area (TPSA) is 99.3 Å². The second kappa shape index (κ2) is 5.83. The molecule has 0 saturated heterocycles. The van der Waals surface area contributed by atoms with Gasteiger partial charge in [-0.2, -0.15) is 0 Å². The van der Waals surface area contributed by atoms with Crippen molar-refractivity contribution in [2.45, 2.75) is 6.42 Å². The summed E-state index contributed by atoms with van der Waals surface area (Å²) in [7, 11) is 0. The third-order valence-electron chi connectivity index (χ3n) is 2.68. The second-order valence-electron chi connectivity index (χ2n) is 4.10. The number of aromatic nitrogens is 1. The maximum Gasteiger partial charge on any atom is 0.307 e. The van der Waals surface area contributed by atoms with E-state index in [1.807, 2.05) is 0 Å². The monoisotopic (exact) mass is 272 g/mol. The molecule has 1 aromatic heterocycles. The largest absolute Gasteiger partial charge is 0.481 e. The van der Waals surface area contributed by atoms with E-state index in [9.17, 15) is 14.4 Å². The minimum absolute atomic E-state index is 0.0300. The number of pyridine rings is 1. The number of carbonyl (C=O) groups excluding carboxylic acids is 1. The zero-order chi connectivity index (χ0) is 14.5. The van der Waals surface area contributed by atoms with E-state index >= 15 is 0 Å². The van der Waals surface area contributed by atoms with Crippen molar-refractivity contribution < 1.29 is 14.7 Å². The van der Waals surface area contributed by atoms with E-state index in [0.29, 0.717) is 11.3 Å². The first-order chi connectivity index (χ1) is 9.58. The molecule has 0 saturated carbocycles. The third-order valence-corrected chi connectivity index (χ3v) is 2.68. The molecular weight excluding hydrogens is 260 g/mol. The quantitative estimate of drug-likeness (QED) is 0.780. The Hall–Kier alpha value is -2.89. The normalized spacial score (nSPS) is 10.0. The van der Waals surface area contributed by atoms with Crippen molar-refractivity contribution in [3.8, 4) is 0 Å². The molecule has 1 heterocycles. The molecule has 0 aliphatic heterocycles. The summed E-state index contributed by atoms with van der Waals surface area (Å²) in [6.07, 6.45) is 2.52. The van der Waals surface area contributed by atoms with Gasteiger partial charge in [-0.15, -0.1) is 0 Å². The standard InChI is InChI=1S/C14H12N2O4/c17-12-5-6-15-8-10(12)14(20)16-11-4-2-1-3-9(11)7-13(18)19/h1-6,8H,7H2,(H,15,17)(H,16,20)(H,18,19). The molecule has 6 nitrogen and oxygen atoms in total. The zero-order valence-corrected chi connectivity index (χ0v) is 10.4. The number of benzene rings is 1. The summed E-state index contributed by atoms with van der Waals surface area (Å²) in [5, 5.41) is 11.4. The summed E-state index contributed by atoms with van der Waals surface area (Å²) in [6, 6.07) is 7.81. The Balaban J connectivity index is 2.27. The van der Waals surface area contributed by atoms with Gasteiger partial charge < -0.3 is 15.4 Å². The van der Waals surface area contributed by atoms with Gasteiger partial charge in [0.25, 0.3) is 5.91 Å². The van der Waals surface area contributed by atoms with Crippen LogP contribution in [0.1, 0.15) is 15.9 Å². The average Bonchev–Trinajstić information content (AvgIpc) is 2.41. The lowest BCUT2D eigenvalue weighted by Gasteiger charge is -2.09. The predicted octanol–water partition coefficient (Wildman–Crippen LogP) is 1.25. The molecule has 102 valence electrons. The van der Waals surface area contributed by atoms with Crippen LogP contribution in [0.3, 0.4) is 0 Å². The van der Waals surface area contributed by atoms with E-state index in [0.717, 1.165) is 0 Å². The van der Waals surface area contributed by atoms with Crippen LogP contribution in [-0.2, 0) is 11.2 Å². The van der Waals surface area contributed by atoms with Crippen LogP contribution in [0.5, 0.6) is 0 Å². The Morgan fingerprint density at radius 2 is 1.95 bits per heavy atom. The number of carboxylic acid groups (broad SMARTS) is 1. The number of hydrogen-bond acceptors (Lipinski definition) is 3. The fourth-order valence-corrected chi connectivity index (χ4v) is 1.74. The molecule has 0 fully saturated rings. The summed E-state index contributed by atoms with van der Waals surface area (Å²) in [6.45, 7) is 0. The van der Waals surface area contributed by atoms with Gasteiger partial charge in [0.15, 0.2) is 5.43 Å². The summed E-state index contributed by atoms with van der Waals surface area (Å²) in [5.41, 5.74) is 0.415. The van der Waals surface area contributed by atoms with Gasteiger partial charge in [-0.3, -0.25) is 14.4 Å². The summed E-state index contributed by atoms with van der Waals surface area (Å²) in [4.78, 5) is 37.0. The second-order valence-corrected chi connectivity index (χ2v) is 4.10. The Labute approximate surface area is 114 Å². The van der Waals surface area contributed by atoms with Crippen molar-refractivity contribution in [1.82, 2.24) is 4.98 Å². The molecule has 0 aliphatic carbocycles. The minimum atomic E-state index is -0.996. The van der Waals surface area contributed by atoms with Gasteiger partial charge >= 0.3 is 5.97 Å². The van der Waals surface area contributed by atoms with Gasteiger partial charge in [0.05, 0.1) is 6.42 Å². The Bertz CT molecular complexity index is 706. The average molecular weight is 272 g/mol. The summed E-state index contributed by atoms with van der Waals surface area (Å²) in [5.74, 6) is -1.58. The van der Waals surface area contributed by atoms with Crippen LogP contribution >= 0.6 is 0 Å². The van der Waals surface area contributed by atoms with Crippen LogP contribution < -0.4 is 10.7 Å². The number of rotatable bonds is 4. The van der Waals surface area contributed by atoms with Crippen molar-refractivity contribution in [2.75, 3.05) is 5.32 Å². The van der Waals surface area contributed by atoms with Gasteiger partial charge in [-0.25, -0.2) is 0 Å². The van der Waals surface area contributed by atoms with E-state index in [-0.39, 0.29) is 12.0 Å². The van der Waals surface area contributed by atoms with Crippen LogP contribution in [-0.4, -0.2) is 22.0 Å². The Morgan fingerprint density at radius 3 is 2.65 bits per heavy atom. The number of anilines is 1. The molecule has 3 N–H and O–H groups in total. The molecule has 6 heteroatoms. The predicted molar refractivity (Wildman–Crippen MR) is 72.8 cm³/mol. The number of aliphatic carboxylic acids is 1. The summed E-state index contributed by atoms with van der Waals surface area (Å²) < 4.78 is 0. The van der Waals surface area contributed by atoms with Crippen LogP contribution in [0.15, 0.2) is 47.5 Å². The Kier molecular flexibility index (Phi) is 3.95. The molecule has 0 atom stereocenters. The van der Waals surface area contributed by atoms with Crippen LogP contribution in [0.2, 0.25) is 0 Å². The zero-order valence-electron chi connectivity index (χ0n) is 10.4. The number of aromatic amines is 1. The number of H-pyrrole nitrogens is 1. The lowest BCUT2D eigenvalue weighted by atomic mass is 10.1. The van der Waals surface area contributed by atoms with Crippen molar-refractivity contribution in [3.63, 3.8) is 0 Å². The molecule has 0 radical (unpaired) electrons. The van der Waals surface area contributed by atoms with Gasteiger partial charge in [0.1, 0.15) is 5.56 Å². The van der Waals surface area contributed by atoms with Gasteiger partial charge in [-0.1, -0.05) is 18.2 Å². The van der Waals surface area contributed by atoms with Gasteiger partial charge in [-0.05, 0) is 11.6 Å². The van der Waals surface area contributed by atoms with E-state index in [1.165, 1.54) is 18.5 Å². The lowest BCUT2D eigenvalue weighted by molar-refractivity contribution is -0.136. The molecule has 0 aliphatic rings. The van der Waals surface area contributed by atoms with Gasteiger partial charge in [0.2, 0.25) is 0 Å².